The second-order valence-corrected chi connectivity index (χ2v) is 2.53. The van der Waals surface area contributed by atoms with Crippen molar-refractivity contribution in [1.82, 2.24) is 0 Å². The third kappa shape index (κ3) is 3.27. The average molecular weight is 135 g/mol. The van der Waals surface area contributed by atoms with Crippen LogP contribution in [0.3, 0.4) is 0 Å². The molecule has 0 spiro atoms. The van der Waals surface area contributed by atoms with Crippen LogP contribution in [0.25, 0.3) is 0 Å². The molecule has 0 heterocycles. The Morgan fingerprint density at radius 1 is 1.57 bits per heavy atom. The summed E-state index contributed by atoms with van der Waals surface area (Å²) in [5, 5.41) is 0. The zero-order chi connectivity index (χ0) is 5.91. The molecule has 0 unspecified atom stereocenters. The van der Waals surface area contributed by atoms with Gasteiger partial charge in [0.2, 0.25) is 0 Å². The van der Waals surface area contributed by atoms with E-state index in [2.05, 4.69) is 20.8 Å². The maximum atomic E-state index is 5.09. The van der Waals surface area contributed by atoms with Gasteiger partial charge in [-0.15, -0.1) is 0 Å². The van der Waals surface area contributed by atoms with Gasteiger partial charge in [-0.25, -0.2) is 0 Å². The fourth-order valence-corrected chi connectivity index (χ4v) is 0.298. The molecule has 0 aliphatic rings. The Morgan fingerprint density at radius 2 is 2.00 bits per heavy atom. The van der Waals surface area contributed by atoms with Gasteiger partial charge in [-0.2, -0.15) is 0 Å². The summed E-state index contributed by atoms with van der Waals surface area (Å²) in [6.07, 6.45) is 1.07. The van der Waals surface area contributed by atoms with Crippen LogP contribution in [0.4, 0.5) is 0 Å². The van der Waals surface area contributed by atoms with Crippen molar-refractivity contribution in [3.8, 4) is 0 Å². The monoisotopic (exact) mass is 135 g/mol. The second kappa shape index (κ2) is 2.86. The Labute approximate surface area is 57.3 Å². The maximum absolute atomic E-state index is 5.09. The molecule has 0 aliphatic heterocycles. The molecule has 0 saturated carbocycles. The predicted molar refractivity (Wildman–Crippen MR) is 25.5 cm³/mol. The van der Waals surface area contributed by atoms with Gasteiger partial charge in [-0.1, -0.05) is 0 Å². The van der Waals surface area contributed by atoms with Crippen molar-refractivity contribution < 1.29 is 24.1 Å². The molecule has 0 fully saturated rings. The summed E-state index contributed by atoms with van der Waals surface area (Å²) < 4.78 is 5.09. The van der Waals surface area contributed by atoms with Crippen molar-refractivity contribution >= 4 is 0 Å². The van der Waals surface area contributed by atoms with Crippen molar-refractivity contribution in [3.05, 3.63) is 0 Å². The molecule has 2 heteroatoms. The van der Waals surface area contributed by atoms with Crippen LogP contribution in [0.5, 0.6) is 0 Å². The van der Waals surface area contributed by atoms with E-state index in [1.807, 2.05) is 0 Å². The standard InChI is InChI=1S/C5H11O.Ti/c1-4-5(2,3)6;/h4H2,1-3H3;/q-1;+1. The number of hydrogen-bond donors (Lipinski definition) is 0. The SMILES string of the molecule is CCC(C)(C)[O][Ti]. The van der Waals surface area contributed by atoms with Crippen LogP contribution in [-0.2, 0) is 24.1 Å². The Kier molecular flexibility index (Phi) is 3.13. The molecule has 7 heavy (non-hydrogen) atoms. The molecule has 0 rings (SSSR count). The van der Waals surface area contributed by atoms with Gasteiger partial charge >= 0.3 is 56.9 Å². The summed E-state index contributed by atoms with van der Waals surface area (Å²) in [5.74, 6) is 0. The van der Waals surface area contributed by atoms with Crippen molar-refractivity contribution in [2.45, 2.75) is 32.8 Å². The minimum absolute atomic E-state index is 0.0833. The van der Waals surface area contributed by atoms with Crippen molar-refractivity contribution in [1.29, 1.82) is 0 Å². The van der Waals surface area contributed by atoms with E-state index in [0.717, 1.165) is 6.42 Å². The van der Waals surface area contributed by atoms with Gasteiger partial charge in [0.25, 0.3) is 0 Å². The molecular weight excluding hydrogens is 124 g/mol. The number of hydrogen-bond acceptors (Lipinski definition) is 1. The van der Waals surface area contributed by atoms with Gasteiger partial charge in [-0.3, -0.25) is 0 Å². The van der Waals surface area contributed by atoms with Gasteiger partial charge in [-0.05, 0) is 0 Å². The summed E-state index contributed by atoms with van der Waals surface area (Å²) >= 11 is 1.74. The Hall–Kier alpha value is 0.674. The fraction of sp³-hybridized carbons (Fsp3) is 1.00. The first-order chi connectivity index (χ1) is 3.12. The molecule has 0 amide bonds. The molecule has 0 aliphatic carbocycles. The van der Waals surface area contributed by atoms with Crippen LogP contribution < -0.4 is 0 Å². The molecular formula is C5H11OTi. The van der Waals surface area contributed by atoms with Crippen LogP contribution in [0.2, 0.25) is 0 Å². The zero-order valence-electron chi connectivity index (χ0n) is 5.12. The van der Waals surface area contributed by atoms with Crippen LogP contribution in [0.1, 0.15) is 27.2 Å². The summed E-state index contributed by atoms with van der Waals surface area (Å²) in [6, 6.07) is 0. The van der Waals surface area contributed by atoms with Crippen molar-refractivity contribution in [3.63, 3.8) is 0 Å². The topological polar surface area (TPSA) is 9.23 Å². The van der Waals surface area contributed by atoms with Crippen molar-refractivity contribution in [2.24, 2.45) is 0 Å². The van der Waals surface area contributed by atoms with Gasteiger partial charge < -0.3 is 0 Å². The van der Waals surface area contributed by atoms with Gasteiger partial charge in [0, 0.05) is 0 Å². The van der Waals surface area contributed by atoms with E-state index in [0.29, 0.717) is 0 Å². The first kappa shape index (κ1) is 7.67. The van der Waals surface area contributed by atoms with E-state index < -0.39 is 0 Å². The van der Waals surface area contributed by atoms with E-state index in [1.165, 1.54) is 0 Å². The fourth-order valence-electron chi connectivity index (χ4n) is 0.0722. The first-order valence-corrected chi connectivity index (χ1v) is 3.11. The van der Waals surface area contributed by atoms with Crippen LogP contribution in [-0.4, -0.2) is 5.60 Å². The summed E-state index contributed by atoms with van der Waals surface area (Å²) in [4.78, 5) is 0. The summed E-state index contributed by atoms with van der Waals surface area (Å²) in [5.41, 5.74) is 0.0833. The van der Waals surface area contributed by atoms with Gasteiger partial charge in [0.05, 0.1) is 0 Å². The molecule has 0 N–H and O–H groups in total. The second-order valence-electron chi connectivity index (χ2n) is 2.22. The molecule has 0 radical (unpaired) electrons. The van der Waals surface area contributed by atoms with E-state index in [4.69, 9.17) is 3.32 Å². The summed E-state index contributed by atoms with van der Waals surface area (Å²) in [7, 11) is 0. The van der Waals surface area contributed by atoms with Crippen LogP contribution in [0, 0.1) is 0 Å². The third-order valence-electron chi connectivity index (χ3n) is 1.13. The number of rotatable bonds is 2. The summed E-state index contributed by atoms with van der Waals surface area (Å²) in [6.45, 7) is 6.27. The van der Waals surface area contributed by atoms with Gasteiger partial charge in [0.1, 0.15) is 0 Å². The normalized spacial score (nSPS) is 11.7. The van der Waals surface area contributed by atoms with Gasteiger partial charge in [0.15, 0.2) is 0 Å². The minimum atomic E-state index is 0.0833. The van der Waals surface area contributed by atoms with E-state index >= 15 is 0 Å². The Bertz CT molecular complexity index is 46.0. The molecule has 1 nitrogen and oxygen atoms in total. The molecule has 0 aromatic rings. The quantitative estimate of drug-likeness (QED) is 0.523. The first-order valence-electron chi connectivity index (χ1n) is 2.47. The predicted octanol–water partition coefficient (Wildman–Crippen LogP) is 1.65. The van der Waals surface area contributed by atoms with Crippen LogP contribution >= 0.6 is 0 Å². The molecule has 0 aromatic heterocycles. The van der Waals surface area contributed by atoms with Crippen molar-refractivity contribution in [2.75, 3.05) is 0 Å². The van der Waals surface area contributed by atoms with Crippen LogP contribution in [0.15, 0.2) is 0 Å². The molecule has 0 saturated heterocycles. The van der Waals surface area contributed by atoms with E-state index in [-0.39, 0.29) is 5.60 Å². The molecule has 0 aromatic carbocycles. The Balaban J connectivity index is 3.36. The Morgan fingerprint density at radius 3 is 2.00 bits per heavy atom. The average Bonchev–Trinajstić information content (AvgIpc) is 1.68. The third-order valence-corrected chi connectivity index (χ3v) is 1.99. The zero-order valence-corrected chi connectivity index (χ0v) is 6.68. The molecule has 0 atom stereocenters. The van der Waals surface area contributed by atoms with E-state index in [1.54, 1.807) is 20.8 Å². The molecule has 0 bridgehead atoms. The molecule has 41 valence electrons. The van der Waals surface area contributed by atoms with E-state index in [9.17, 15) is 0 Å².